The molecule has 0 rings (SSSR count). The molecule has 0 spiro atoms. The average molecular weight is 931 g/mol. The lowest BCUT2D eigenvalue weighted by Gasteiger charge is -2.20. The first-order chi connectivity index (χ1) is 32.5. The first-order valence-electron chi connectivity index (χ1n) is 29.6. The lowest BCUT2D eigenvalue weighted by molar-refractivity contribution is -0.143. The molecule has 0 radical (unpaired) electrons. The van der Waals surface area contributed by atoms with E-state index in [1.807, 2.05) is 6.08 Å². The highest BCUT2D eigenvalue weighted by Gasteiger charge is 2.18. The number of aliphatic hydroxyl groups is 2. The Kier molecular flexibility index (Phi) is 54.5. The standard InChI is InChI=1S/C60H115NO5/c1-3-5-7-9-11-13-15-17-19-20-23-26-30-34-38-42-46-50-54-60(65)66-55-51-47-43-39-35-31-27-24-21-22-25-29-33-37-41-45-49-53-59(64)61-57(56-62)58(63)52-48-44-40-36-32-28-18-16-14-12-10-8-6-4-2/h19-20,48,52,57-58,62-63H,3-18,21-47,49-51,53-56H2,1-2H3,(H,61,64)/b20-19-,52-48+. The Morgan fingerprint density at radius 1 is 0.409 bits per heavy atom. The molecule has 0 aromatic rings. The molecular formula is C60H115NO5. The molecule has 0 heterocycles. The molecule has 0 aliphatic rings. The predicted molar refractivity (Wildman–Crippen MR) is 287 cm³/mol. The third kappa shape index (κ3) is 51.7. The number of ether oxygens (including phenoxy) is 1. The maximum Gasteiger partial charge on any atom is 0.305 e. The van der Waals surface area contributed by atoms with Crippen molar-refractivity contribution in [3.05, 3.63) is 24.3 Å². The molecule has 0 saturated carbocycles. The van der Waals surface area contributed by atoms with E-state index in [0.29, 0.717) is 19.4 Å². The van der Waals surface area contributed by atoms with Crippen LogP contribution in [-0.2, 0) is 14.3 Å². The van der Waals surface area contributed by atoms with Gasteiger partial charge in [0.05, 0.1) is 25.4 Å². The number of carbonyl (C=O) groups excluding carboxylic acids is 2. The van der Waals surface area contributed by atoms with Crippen LogP contribution in [0.15, 0.2) is 24.3 Å². The first kappa shape index (κ1) is 64.3. The van der Waals surface area contributed by atoms with E-state index in [2.05, 4.69) is 31.3 Å². The van der Waals surface area contributed by atoms with Gasteiger partial charge in [-0.3, -0.25) is 9.59 Å². The van der Waals surface area contributed by atoms with Crippen molar-refractivity contribution in [2.45, 2.75) is 334 Å². The van der Waals surface area contributed by atoms with Gasteiger partial charge in [-0.25, -0.2) is 0 Å². The summed E-state index contributed by atoms with van der Waals surface area (Å²) >= 11 is 0. The molecule has 3 N–H and O–H groups in total. The monoisotopic (exact) mass is 930 g/mol. The summed E-state index contributed by atoms with van der Waals surface area (Å²) in [6.07, 6.45) is 67.7. The number of esters is 1. The second-order valence-corrected chi connectivity index (χ2v) is 20.3. The number of aliphatic hydroxyl groups excluding tert-OH is 2. The predicted octanol–water partition coefficient (Wildman–Crippen LogP) is 18.2. The summed E-state index contributed by atoms with van der Waals surface area (Å²) in [6, 6.07) is -0.631. The van der Waals surface area contributed by atoms with Crippen molar-refractivity contribution < 1.29 is 24.5 Å². The van der Waals surface area contributed by atoms with Gasteiger partial charge in [-0.15, -0.1) is 0 Å². The SMILES string of the molecule is CCCCCCCCC/C=C\CCCCCCCCCC(=O)OCCCCCCCCCCCCCCCCCCCC(=O)NC(CO)C(O)/C=C/CCCCCCCCCCCCCC. The number of carbonyl (C=O) groups is 2. The fourth-order valence-corrected chi connectivity index (χ4v) is 9.16. The second kappa shape index (κ2) is 55.9. The third-order valence-electron chi connectivity index (χ3n) is 13.7. The van der Waals surface area contributed by atoms with E-state index in [9.17, 15) is 19.8 Å². The quantitative estimate of drug-likeness (QED) is 0.0321. The van der Waals surface area contributed by atoms with Gasteiger partial charge in [0, 0.05) is 12.8 Å². The number of unbranched alkanes of at least 4 members (excludes halogenated alkanes) is 42. The molecule has 6 nitrogen and oxygen atoms in total. The minimum absolute atomic E-state index is 0.00177. The van der Waals surface area contributed by atoms with Gasteiger partial charge in [-0.05, 0) is 57.8 Å². The summed E-state index contributed by atoms with van der Waals surface area (Å²) in [5, 5.41) is 23.1. The van der Waals surface area contributed by atoms with Crippen molar-refractivity contribution in [1.29, 1.82) is 0 Å². The molecule has 66 heavy (non-hydrogen) atoms. The van der Waals surface area contributed by atoms with Gasteiger partial charge in [0.2, 0.25) is 5.91 Å². The minimum atomic E-state index is -0.847. The normalized spacial score (nSPS) is 12.7. The summed E-state index contributed by atoms with van der Waals surface area (Å²) in [7, 11) is 0. The van der Waals surface area contributed by atoms with Crippen LogP contribution in [0.3, 0.4) is 0 Å². The summed E-state index contributed by atoms with van der Waals surface area (Å²) in [4.78, 5) is 24.5. The zero-order valence-corrected chi connectivity index (χ0v) is 44.4. The van der Waals surface area contributed by atoms with E-state index < -0.39 is 12.1 Å². The highest BCUT2D eigenvalue weighted by molar-refractivity contribution is 5.76. The van der Waals surface area contributed by atoms with Crippen LogP contribution in [0.2, 0.25) is 0 Å². The maximum atomic E-state index is 12.4. The summed E-state index contributed by atoms with van der Waals surface area (Å²) < 4.78 is 5.49. The van der Waals surface area contributed by atoms with Crippen molar-refractivity contribution in [2.75, 3.05) is 13.2 Å². The molecule has 390 valence electrons. The fourth-order valence-electron chi connectivity index (χ4n) is 9.16. The average Bonchev–Trinajstić information content (AvgIpc) is 3.32. The molecule has 1 amide bonds. The van der Waals surface area contributed by atoms with Gasteiger partial charge in [0.15, 0.2) is 0 Å². The Hall–Kier alpha value is -1.66. The van der Waals surface area contributed by atoms with E-state index >= 15 is 0 Å². The van der Waals surface area contributed by atoms with Crippen LogP contribution in [0, 0.1) is 0 Å². The second-order valence-electron chi connectivity index (χ2n) is 20.3. The summed E-state index contributed by atoms with van der Waals surface area (Å²) in [5.41, 5.74) is 0. The molecule has 0 bridgehead atoms. The number of hydrogen-bond acceptors (Lipinski definition) is 5. The van der Waals surface area contributed by atoms with Crippen molar-refractivity contribution >= 4 is 11.9 Å². The van der Waals surface area contributed by atoms with Crippen LogP contribution < -0.4 is 5.32 Å². The van der Waals surface area contributed by atoms with E-state index in [-0.39, 0.29) is 18.5 Å². The van der Waals surface area contributed by atoms with Gasteiger partial charge in [0.25, 0.3) is 0 Å². The van der Waals surface area contributed by atoms with Crippen LogP contribution in [0.4, 0.5) is 0 Å². The minimum Gasteiger partial charge on any atom is -0.466 e. The van der Waals surface area contributed by atoms with Gasteiger partial charge < -0.3 is 20.3 Å². The number of nitrogens with one attached hydrogen (secondary N) is 1. The van der Waals surface area contributed by atoms with E-state index in [0.717, 1.165) is 44.9 Å². The van der Waals surface area contributed by atoms with Gasteiger partial charge in [0.1, 0.15) is 0 Å². The van der Waals surface area contributed by atoms with Crippen molar-refractivity contribution in [1.82, 2.24) is 5.32 Å². The van der Waals surface area contributed by atoms with Crippen LogP contribution in [0.25, 0.3) is 0 Å². The molecule has 2 atom stereocenters. The third-order valence-corrected chi connectivity index (χ3v) is 13.7. The number of hydrogen-bond donors (Lipinski definition) is 3. The molecular weight excluding hydrogens is 815 g/mol. The molecule has 0 fully saturated rings. The highest BCUT2D eigenvalue weighted by atomic mass is 16.5. The zero-order valence-electron chi connectivity index (χ0n) is 44.4. The summed E-state index contributed by atoms with van der Waals surface area (Å²) in [6.45, 7) is 4.90. The Labute approximate surface area is 411 Å². The molecule has 2 unspecified atom stereocenters. The van der Waals surface area contributed by atoms with Crippen LogP contribution >= 0.6 is 0 Å². The summed E-state index contributed by atoms with van der Waals surface area (Å²) in [5.74, 6) is -0.0706. The maximum absolute atomic E-state index is 12.4. The van der Waals surface area contributed by atoms with Crippen molar-refractivity contribution in [3.8, 4) is 0 Å². The van der Waals surface area contributed by atoms with Crippen LogP contribution in [0.1, 0.15) is 322 Å². The first-order valence-corrected chi connectivity index (χ1v) is 29.6. The van der Waals surface area contributed by atoms with Crippen LogP contribution in [0.5, 0.6) is 0 Å². The van der Waals surface area contributed by atoms with Gasteiger partial charge in [-0.1, -0.05) is 276 Å². The van der Waals surface area contributed by atoms with Gasteiger partial charge in [-0.2, -0.15) is 0 Å². The Morgan fingerprint density at radius 3 is 1.08 bits per heavy atom. The molecule has 0 aromatic heterocycles. The zero-order chi connectivity index (χ0) is 47.9. The van der Waals surface area contributed by atoms with Crippen molar-refractivity contribution in [2.24, 2.45) is 0 Å². The van der Waals surface area contributed by atoms with Crippen molar-refractivity contribution in [3.63, 3.8) is 0 Å². The van der Waals surface area contributed by atoms with Crippen LogP contribution in [-0.4, -0.2) is 47.4 Å². The molecule has 0 aromatic carbocycles. The molecule has 0 aliphatic heterocycles. The Morgan fingerprint density at radius 2 is 0.712 bits per heavy atom. The van der Waals surface area contributed by atoms with E-state index in [1.54, 1.807) is 6.08 Å². The fraction of sp³-hybridized carbons (Fsp3) is 0.900. The Bertz CT molecular complexity index is 1030. The number of allylic oxidation sites excluding steroid dienone is 3. The molecule has 0 saturated heterocycles. The Balaban J connectivity index is 3.42. The molecule has 0 aliphatic carbocycles. The number of amides is 1. The van der Waals surface area contributed by atoms with Gasteiger partial charge >= 0.3 is 5.97 Å². The topological polar surface area (TPSA) is 95.9 Å². The van der Waals surface area contributed by atoms with E-state index in [4.69, 9.17) is 4.74 Å². The smallest absolute Gasteiger partial charge is 0.305 e. The largest absolute Gasteiger partial charge is 0.466 e. The lowest BCUT2D eigenvalue weighted by Crippen LogP contribution is -2.45. The number of rotatable bonds is 55. The molecule has 6 heteroatoms. The highest BCUT2D eigenvalue weighted by Crippen LogP contribution is 2.17. The lowest BCUT2D eigenvalue weighted by atomic mass is 10.0. The van der Waals surface area contributed by atoms with E-state index in [1.165, 1.54) is 250 Å².